The fraction of sp³-hybridized carbons (Fsp3) is 0.222. The van der Waals surface area contributed by atoms with E-state index in [1.165, 1.54) is 5.56 Å². The lowest BCUT2D eigenvalue weighted by molar-refractivity contribution is 0.0934. The van der Waals surface area contributed by atoms with E-state index in [9.17, 15) is 4.79 Å². The number of rotatable bonds is 4. The van der Waals surface area contributed by atoms with Crippen LogP contribution in [0.1, 0.15) is 21.5 Å². The molecule has 2 aromatic rings. The molecule has 0 aromatic heterocycles. The van der Waals surface area contributed by atoms with Gasteiger partial charge in [-0.1, -0.05) is 59.1 Å². The molecule has 4 nitrogen and oxygen atoms in total. The second-order valence-corrected chi connectivity index (χ2v) is 8.49. The standard InChI is InChI=1S/C18H18Cl3N3OS/c1-11-8-9-14(10-12(11)2)22-17(26)24-16(18(19,20)21)23-15(25)13-6-4-3-5-7-13/h3-10,16H,1-2H3,(H,23,25)(H2,22,24,26). The number of thiocarbonyl (C=S) groups is 1. The van der Waals surface area contributed by atoms with Crippen LogP contribution in [-0.2, 0) is 0 Å². The SMILES string of the molecule is Cc1ccc(NC(=S)NC(NC(=O)c2ccccc2)C(Cl)(Cl)Cl)cc1C. The van der Waals surface area contributed by atoms with Crippen LogP contribution in [0.5, 0.6) is 0 Å². The van der Waals surface area contributed by atoms with Crippen molar-refractivity contribution < 1.29 is 4.79 Å². The molecule has 0 radical (unpaired) electrons. The summed E-state index contributed by atoms with van der Waals surface area (Å²) in [5, 5.41) is 8.71. The maximum absolute atomic E-state index is 12.3. The first kappa shape index (κ1) is 20.8. The third-order valence-electron chi connectivity index (χ3n) is 3.68. The van der Waals surface area contributed by atoms with E-state index in [2.05, 4.69) is 16.0 Å². The molecule has 0 spiro atoms. The third-order valence-corrected chi connectivity index (χ3v) is 4.55. The van der Waals surface area contributed by atoms with E-state index < -0.39 is 9.96 Å². The molecule has 2 aromatic carbocycles. The van der Waals surface area contributed by atoms with E-state index in [4.69, 9.17) is 47.0 Å². The highest BCUT2D eigenvalue weighted by molar-refractivity contribution is 7.80. The van der Waals surface area contributed by atoms with E-state index in [1.807, 2.05) is 38.1 Å². The number of nitrogens with one attached hydrogen (secondary N) is 3. The molecule has 138 valence electrons. The Bertz CT molecular complexity index is 794. The van der Waals surface area contributed by atoms with Crippen molar-refractivity contribution in [2.75, 3.05) is 5.32 Å². The van der Waals surface area contributed by atoms with Crippen molar-refractivity contribution in [2.24, 2.45) is 0 Å². The third kappa shape index (κ3) is 6.02. The molecule has 0 aliphatic rings. The summed E-state index contributed by atoms with van der Waals surface area (Å²) in [7, 11) is 0. The zero-order valence-electron chi connectivity index (χ0n) is 14.1. The minimum absolute atomic E-state index is 0.220. The van der Waals surface area contributed by atoms with Crippen molar-refractivity contribution in [3.63, 3.8) is 0 Å². The summed E-state index contributed by atoms with van der Waals surface area (Å²) in [5.41, 5.74) is 3.53. The largest absolute Gasteiger partial charge is 0.339 e. The Morgan fingerprint density at radius 3 is 2.23 bits per heavy atom. The molecule has 0 bridgehead atoms. The number of carbonyl (C=O) groups excluding carboxylic acids is 1. The average Bonchev–Trinajstić information content (AvgIpc) is 2.57. The van der Waals surface area contributed by atoms with Crippen molar-refractivity contribution in [1.82, 2.24) is 10.6 Å². The zero-order valence-corrected chi connectivity index (χ0v) is 17.2. The van der Waals surface area contributed by atoms with Gasteiger partial charge < -0.3 is 16.0 Å². The summed E-state index contributed by atoms with van der Waals surface area (Å²) in [4.78, 5) is 12.3. The number of alkyl halides is 3. The molecule has 26 heavy (non-hydrogen) atoms. The van der Waals surface area contributed by atoms with Crippen LogP contribution in [0.2, 0.25) is 0 Å². The van der Waals surface area contributed by atoms with Gasteiger partial charge in [0, 0.05) is 11.3 Å². The highest BCUT2D eigenvalue weighted by atomic mass is 35.6. The van der Waals surface area contributed by atoms with Gasteiger partial charge >= 0.3 is 0 Å². The second-order valence-electron chi connectivity index (χ2n) is 5.71. The maximum Gasteiger partial charge on any atom is 0.252 e. The van der Waals surface area contributed by atoms with Gasteiger partial charge in [0.25, 0.3) is 5.91 Å². The first-order valence-corrected chi connectivity index (χ1v) is 9.28. The molecule has 0 heterocycles. The summed E-state index contributed by atoms with van der Waals surface area (Å²) in [6.07, 6.45) is -1.02. The van der Waals surface area contributed by atoms with E-state index in [0.29, 0.717) is 5.56 Å². The smallest absolute Gasteiger partial charge is 0.252 e. The topological polar surface area (TPSA) is 53.2 Å². The Morgan fingerprint density at radius 2 is 1.65 bits per heavy atom. The molecule has 0 saturated heterocycles. The normalized spacial score (nSPS) is 12.2. The molecular formula is C18H18Cl3N3OS. The average molecular weight is 431 g/mol. The first-order chi connectivity index (χ1) is 12.2. The number of hydrogen-bond donors (Lipinski definition) is 3. The number of carbonyl (C=O) groups is 1. The van der Waals surface area contributed by atoms with Crippen molar-refractivity contribution in [2.45, 2.75) is 23.8 Å². The molecule has 0 fully saturated rings. The van der Waals surface area contributed by atoms with Gasteiger partial charge in [-0.2, -0.15) is 0 Å². The van der Waals surface area contributed by atoms with Crippen LogP contribution in [0.4, 0.5) is 5.69 Å². The predicted molar refractivity (Wildman–Crippen MR) is 113 cm³/mol. The van der Waals surface area contributed by atoms with Gasteiger partial charge in [0.1, 0.15) is 6.17 Å². The lowest BCUT2D eigenvalue weighted by atomic mass is 10.1. The summed E-state index contributed by atoms with van der Waals surface area (Å²) in [6.45, 7) is 4.02. The molecule has 0 aliphatic carbocycles. The number of aryl methyl sites for hydroxylation is 2. The van der Waals surface area contributed by atoms with Crippen molar-refractivity contribution in [1.29, 1.82) is 0 Å². The number of anilines is 1. The van der Waals surface area contributed by atoms with Gasteiger partial charge in [-0.3, -0.25) is 4.79 Å². The quantitative estimate of drug-likeness (QED) is 0.373. The summed E-state index contributed by atoms with van der Waals surface area (Å²) < 4.78 is -1.81. The van der Waals surface area contributed by atoms with Crippen LogP contribution in [0, 0.1) is 13.8 Å². The predicted octanol–water partition coefficient (Wildman–Crippen LogP) is 4.72. The maximum atomic E-state index is 12.3. The molecule has 1 unspecified atom stereocenters. The lowest BCUT2D eigenvalue weighted by Gasteiger charge is -2.27. The molecule has 0 aliphatic heterocycles. The zero-order chi connectivity index (χ0) is 19.3. The summed E-state index contributed by atoms with van der Waals surface area (Å²) >= 11 is 23.2. The van der Waals surface area contributed by atoms with E-state index in [-0.39, 0.29) is 11.0 Å². The van der Waals surface area contributed by atoms with Gasteiger partial charge in [-0.25, -0.2) is 0 Å². The second kappa shape index (κ2) is 8.91. The Hall–Kier alpha value is -1.53. The van der Waals surface area contributed by atoms with Crippen LogP contribution >= 0.6 is 47.0 Å². The fourth-order valence-corrected chi connectivity index (χ4v) is 2.68. The Morgan fingerprint density at radius 1 is 1.00 bits per heavy atom. The van der Waals surface area contributed by atoms with Gasteiger partial charge in [0.2, 0.25) is 3.79 Å². The molecular weight excluding hydrogens is 413 g/mol. The highest BCUT2D eigenvalue weighted by Gasteiger charge is 2.34. The van der Waals surface area contributed by atoms with Gasteiger partial charge in [0.15, 0.2) is 5.11 Å². The molecule has 3 N–H and O–H groups in total. The van der Waals surface area contributed by atoms with E-state index in [0.717, 1.165) is 11.3 Å². The van der Waals surface area contributed by atoms with Crippen LogP contribution < -0.4 is 16.0 Å². The van der Waals surface area contributed by atoms with Crippen LogP contribution in [0.15, 0.2) is 48.5 Å². The number of hydrogen-bond acceptors (Lipinski definition) is 2. The van der Waals surface area contributed by atoms with E-state index >= 15 is 0 Å². The van der Waals surface area contributed by atoms with Crippen molar-refractivity contribution in [3.8, 4) is 0 Å². The molecule has 1 atom stereocenters. The van der Waals surface area contributed by atoms with Crippen LogP contribution in [-0.4, -0.2) is 21.0 Å². The van der Waals surface area contributed by atoms with E-state index in [1.54, 1.807) is 24.3 Å². The fourth-order valence-electron chi connectivity index (χ4n) is 2.12. The lowest BCUT2D eigenvalue weighted by Crippen LogP contribution is -2.56. The molecule has 1 amide bonds. The minimum atomic E-state index is -1.81. The van der Waals surface area contributed by atoms with Crippen LogP contribution in [0.25, 0.3) is 0 Å². The Balaban J connectivity index is 2.06. The highest BCUT2D eigenvalue weighted by Crippen LogP contribution is 2.29. The van der Waals surface area contributed by atoms with Gasteiger partial charge in [0.05, 0.1) is 0 Å². The first-order valence-electron chi connectivity index (χ1n) is 7.74. The summed E-state index contributed by atoms with van der Waals surface area (Å²) in [5.74, 6) is -0.386. The number of amides is 1. The van der Waals surface area contributed by atoms with Crippen LogP contribution in [0.3, 0.4) is 0 Å². The minimum Gasteiger partial charge on any atom is -0.339 e. The van der Waals surface area contributed by atoms with Crippen molar-refractivity contribution in [3.05, 3.63) is 65.2 Å². The molecule has 0 saturated carbocycles. The van der Waals surface area contributed by atoms with Gasteiger partial charge in [-0.05, 0) is 61.5 Å². The molecule has 2 rings (SSSR count). The number of halogens is 3. The number of benzene rings is 2. The Kier molecular flexibility index (Phi) is 7.12. The van der Waals surface area contributed by atoms with Crippen molar-refractivity contribution >= 4 is 63.7 Å². The van der Waals surface area contributed by atoms with Gasteiger partial charge in [-0.15, -0.1) is 0 Å². The Labute approximate surface area is 173 Å². The summed E-state index contributed by atoms with van der Waals surface area (Å²) in [6, 6.07) is 14.5. The monoisotopic (exact) mass is 429 g/mol. The molecule has 8 heteroatoms.